The Kier molecular flexibility index (Phi) is 4.74. The van der Waals surface area contributed by atoms with E-state index in [2.05, 4.69) is 18.0 Å². The Morgan fingerprint density at radius 2 is 1.64 bits per heavy atom. The molecule has 0 atom stereocenters. The minimum absolute atomic E-state index is 0.714. The molecule has 0 spiro atoms. The van der Waals surface area contributed by atoms with Gasteiger partial charge in [-0.05, 0) is 59.3 Å². The normalized spacial score (nSPS) is 11.1. The summed E-state index contributed by atoms with van der Waals surface area (Å²) in [6.07, 6.45) is 5.44. The van der Waals surface area contributed by atoms with E-state index in [1.54, 1.807) is 14.2 Å². The number of nitrogens with zero attached hydrogens (tertiary/aromatic N) is 2. The van der Waals surface area contributed by atoms with E-state index >= 15 is 0 Å². The van der Waals surface area contributed by atoms with Gasteiger partial charge in [0.2, 0.25) is 0 Å². The van der Waals surface area contributed by atoms with Crippen molar-refractivity contribution in [2.24, 2.45) is 0 Å². The van der Waals surface area contributed by atoms with Gasteiger partial charge in [-0.2, -0.15) is 0 Å². The smallest absolute Gasteiger partial charge is 0.161 e. The summed E-state index contributed by atoms with van der Waals surface area (Å²) >= 11 is 0. The average molecular weight is 373 g/mol. The Balaban J connectivity index is 1.84. The lowest BCUT2D eigenvalue weighted by Gasteiger charge is -2.14. The van der Waals surface area contributed by atoms with Crippen LogP contribution in [-0.4, -0.2) is 24.2 Å². The molecule has 0 bridgehead atoms. The van der Waals surface area contributed by atoms with Crippen molar-refractivity contribution in [3.63, 3.8) is 0 Å². The summed E-state index contributed by atoms with van der Waals surface area (Å²) in [7, 11) is 3.31. The maximum atomic E-state index is 5.93. The van der Waals surface area contributed by atoms with E-state index in [1.807, 2.05) is 42.7 Å². The number of aromatic nitrogens is 2. The summed E-state index contributed by atoms with van der Waals surface area (Å²) in [6.45, 7) is 2.11. The summed E-state index contributed by atoms with van der Waals surface area (Å²) in [5, 5.41) is 3.26. The molecule has 0 fully saturated rings. The van der Waals surface area contributed by atoms with Gasteiger partial charge in [0, 0.05) is 41.0 Å². The maximum absolute atomic E-state index is 5.93. The van der Waals surface area contributed by atoms with Crippen molar-refractivity contribution in [1.82, 2.24) is 9.97 Å². The van der Waals surface area contributed by atoms with Crippen LogP contribution in [0.15, 0.2) is 48.8 Å². The van der Waals surface area contributed by atoms with Crippen molar-refractivity contribution < 1.29 is 9.47 Å². The number of fused-ring (bicyclic) bond motifs is 2. The molecule has 2 aromatic heterocycles. The Bertz CT molecular complexity index is 1170. The molecule has 2 aromatic carbocycles. The van der Waals surface area contributed by atoms with Crippen LogP contribution in [0.1, 0.15) is 23.7 Å². The third kappa shape index (κ3) is 3.20. The number of hydrogen-bond acceptors (Lipinski definition) is 5. The number of methoxy groups -OCH3 is 2. The number of nitrogens with two attached hydrogens (primary N) is 1. The van der Waals surface area contributed by atoms with E-state index in [-0.39, 0.29) is 0 Å². The first-order valence-corrected chi connectivity index (χ1v) is 9.29. The molecule has 0 saturated heterocycles. The van der Waals surface area contributed by atoms with Gasteiger partial charge in [-0.15, -0.1) is 0 Å². The Morgan fingerprint density at radius 3 is 2.36 bits per heavy atom. The number of pyridine rings is 2. The number of hydrogen-bond donors (Lipinski definition) is 1. The number of anilines is 1. The highest BCUT2D eigenvalue weighted by molar-refractivity contribution is 5.91. The lowest BCUT2D eigenvalue weighted by molar-refractivity contribution is 0.356. The zero-order valence-corrected chi connectivity index (χ0v) is 16.3. The number of nitrogen functional groups attached to an aromatic ring is 1. The van der Waals surface area contributed by atoms with Crippen LogP contribution in [0.2, 0.25) is 0 Å². The summed E-state index contributed by atoms with van der Waals surface area (Å²) in [5.74, 6) is 1.43. The second-order valence-electron chi connectivity index (χ2n) is 6.81. The van der Waals surface area contributed by atoms with Crippen molar-refractivity contribution in [1.29, 1.82) is 0 Å². The number of ether oxygens (including phenoxy) is 2. The molecule has 28 heavy (non-hydrogen) atoms. The van der Waals surface area contributed by atoms with Crippen molar-refractivity contribution in [3.8, 4) is 11.5 Å². The topological polar surface area (TPSA) is 70.3 Å². The lowest BCUT2D eigenvalue weighted by Crippen LogP contribution is -1.99. The summed E-state index contributed by atoms with van der Waals surface area (Å²) in [4.78, 5) is 9.26. The van der Waals surface area contributed by atoms with Crippen molar-refractivity contribution >= 4 is 27.4 Å². The molecule has 142 valence electrons. The largest absolute Gasteiger partial charge is 0.493 e. The van der Waals surface area contributed by atoms with E-state index < -0.39 is 0 Å². The molecule has 4 aromatic rings. The SMILES string of the molecule is CCc1ncc(Cc2cnc3ccc(N)cc3c2)c2cc(OC)c(OC)cc12. The van der Waals surface area contributed by atoms with Crippen molar-refractivity contribution in [2.75, 3.05) is 20.0 Å². The van der Waals surface area contributed by atoms with Crippen LogP contribution in [0.3, 0.4) is 0 Å². The van der Waals surface area contributed by atoms with Crippen molar-refractivity contribution in [3.05, 3.63) is 65.6 Å². The summed E-state index contributed by atoms with van der Waals surface area (Å²) in [6, 6.07) is 12.0. The number of rotatable bonds is 5. The number of aryl methyl sites for hydroxylation is 1. The fourth-order valence-corrected chi connectivity index (χ4v) is 3.61. The Morgan fingerprint density at radius 1 is 0.893 bits per heavy atom. The van der Waals surface area contributed by atoms with Gasteiger partial charge in [0.05, 0.1) is 19.7 Å². The predicted octanol–water partition coefficient (Wildman–Crippen LogP) is 4.54. The molecule has 0 aliphatic rings. The Hall–Kier alpha value is -3.34. The third-order valence-electron chi connectivity index (χ3n) is 5.05. The van der Waals surface area contributed by atoms with Crippen molar-refractivity contribution in [2.45, 2.75) is 19.8 Å². The van der Waals surface area contributed by atoms with Gasteiger partial charge in [-0.25, -0.2) is 0 Å². The molecule has 0 aliphatic heterocycles. The van der Waals surface area contributed by atoms with Gasteiger partial charge in [0.25, 0.3) is 0 Å². The molecule has 2 N–H and O–H groups in total. The standard InChI is InChI=1S/C23H23N3O2/c1-4-20-19-11-23(28-3)22(27-2)10-18(19)16(13-26-20)8-14-7-15-9-17(24)5-6-21(15)25-12-14/h5-7,9-13H,4,8,24H2,1-3H3. The second kappa shape index (κ2) is 7.35. The van der Waals surface area contributed by atoms with E-state index in [0.29, 0.717) is 11.5 Å². The second-order valence-corrected chi connectivity index (χ2v) is 6.81. The van der Waals surface area contributed by atoms with Gasteiger partial charge in [-0.3, -0.25) is 9.97 Å². The van der Waals surface area contributed by atoms with Crippen LogP contribution in [0.4, 0.5) is 5.69 Å². The quantitative estimate of drug-likeness (QED) is 0.520. The molecule has 0 unspecified atom stereocenters. The highest BCUT2D eigenvalue weighted by Crippen LogP contribution is 2.35. The molecular formula is C23H23N3O2. The third-order valence-corrected chi connectivity index (χ3v) is 5.05. The highest BCUT2D eigenvalue weighted by Gasteiger charge is 2.13. The van der Waals surface area contributed by atoms with Gasteiger partial charge >= 0.3 is 0 Å². The lowest BCUT2D eigenvalue weighted by atomic mass is 9.98. The average Bonchev–Trinajstić information content (AvgIpc) is 2.72. The van der Waals surface area contributed by atoms with Crippen LogP contribution in [0, 0.1) is 0 Å². The number of benzene rings is 2. The van der Waals surface area contributed by atoms with E-state index in [4.69, 9.17) is 20.2 Å². The minimum atomic E-state index is 0.714. The zero-order valence-electron chi connectivity index (χ0n) is 16.3. The fourth-order valence-electron chi connectivity index (χ4n) is 3.61. The van der Waals surface area contributed by atoms with Crippen LogP contribution in [0.5, 0.6) is 11.5 Å². The van der Waals surface area contributed by atoms with E-state index in [0.717, 1.165) is 57.0 Å². The zero-order chi connectivity index (χ0) is 19.7. The van der Waals surface area contributed by atoms with Crippen LogP contribution in [-0.2, 0) is 12.8 Å². The predicted molar refractivity (Wildman–Crippen MR) is 113 cm³/mol. The molecule has 5 nitrogen and oxygen atoms in total. The fraction of sp³-hybridized carbons (Fsp3) is 0.217. The first-order chi connectivity index (χ1) is 13.6. The van der Waals surface area contributed by atoms with Gasteiger partial charge in [-0.1, -0.05) is 6.92 Å². The maximum Gasteiger partial charge on any atom is 0.161 e. The molecule has 0 aliphatic carbocycles. The molecule has 4 rings (SSSR count). The van der Waals surface area contributed by atoms with Gasteiger partial charge in [0.15, 0.2) is 11.5 Å². The van der Waals surface area contributed by atoms with Crippen LogP contribution in [0.25, 0.3) is 21.7 Å². The van der Waals surface area contributed by atoms with E-state index in [1.165, 1.54) is 0 Å². The van der Waals surface area contributed by atoms with Crippen LogP contribution >= 0.6 is 0 Å². The molecular weight excluding hydrogens is 350 g/mol. The molecule has 0 amide bonds. The highest BCUT2D eigenvalue weighted by atomic mass is 16.5. The molecule has 5 heteroatoms. The van der Waals surface area contributed by atoms with Gasteiger partial charge < -0.3 is 15.2 Å². The first kappa shape index (κ1) is 18.0. The van der Waals surface area contributed by atoms with E-state index in [9.17, 15) is 0 Å². The van der Waals surface area contributed by atoms with Gasteiger partial charge in [0.1, 0.15) is 0 Å². The first-order valence-electron chi connectivity index (χ1n) is 9.29. The van der Waals surface area contributed by atoms with Crippen LogP contribution < -0.4 is 15.2 Å². The summed E-state index contributed by atoms with van der Waals surface area (Å²) in [5.41, 5.74) is 10.9. The summed E-state index contributed by atoms with van der Waals surface area (Å²) < 4.78 is 11.0. The monoisotopic (exact) mass is 373 g/mol. The molecule has 0 radical (unpaired) electrons. The minimum Gasteiger partial charge on any atom is -0.493 e. The Labute approximate surface area is 164 Å². The molecule has 2 heterocycles. The molecule has 0 saturated carbocycles.